The molecule has 129 heavy (non-hydrogen) atoms. The maximum absolute atomic E-state index is 12.8. The quantitative estimate of drug-likeness (QED) is 0.0214. The number of ether oxygens (including phenoxy) is 1. The van der Waals surface area contributed by atoms with E-state index in [1.807, 2.05) is 79.0 Å². The number of para-hydroxylation sites is 1. The summed E-state index contributed by atoms with van der Waals surface area (Å²) in [7, 11) is 1.51. The third-order valence-electron chi connectivity index (χ3n) is 18.4. The van der Waals surface area contributed by atoms with Crippen molar-refractivity contribution < 1.29 is 33.1 Å². The van der Waals surface area contributed by atoms with E-state index in [1.165, 1.54) is 78.9 Å². The third kappa shape index (κ3) is 25.8. The van der Waals surface area contributed by atoms with Gasteiger partial charge in [-0.15, -0.1) is 11.8 Å². The van der Waals surface area contributed by atoms with Crippen LogP contribution in [0.15, 0.2) is 215 Å². The fraction of sp³-hybridized carbons (Fsp3) is 0.244. The average Bonchev–Trinajstić information content (AvgIpc) is 1.67. The van der Waals surface area contributed by atoms with E-state index in [2.05, 4.69) is 102 Å². The lowest BCUT2D eigenvalue weighted by Crippen LogP contribution is -2.19. The van der Waals surface area contributed by atoms with Crippen LogP contribution >= 0.6 is 23.4 Å². The van der Waals surface area contributed by atoms with Gasteiger partial charge in [0.2, 0.25) is 29.7 Å². The highest BCUT2D eigenvalue weighted by Gasteiger charge is 2.23. The second kappa shape index (κ2) is 44.8. The van der Waals surface area contributed by atoms with E-state index in [9.17, 15) is 47.9 Å². The fourth-order valence-corrected chi connectivity index (χ4v) is 13.5. The van der Waals surface area contributed by atoms with Crippen molar-refractivity contribution in [2.24, 2.45) is 0 Å². The van der Waals surface area contributed by atoms with Gasteiger partial charge in [0.15, 0.2) is 5.76 Å². The number of nitrogens with one attached hydrogen (secondary N) is 10. The Morgan fingerprint density at radius 2 is 0.659 bits per heavy atom. The molecule has 0 spiro atoms. The van der Waals surface area contributed by atoms with E-state index in [-0.39, 0.29) is 86.9 Å². The topological polar surface area (TPSA) is 486 Å². The van der Waals surface area contributed by atoms with Crippen molar-refractivity contribution in [3.63, 3.8) is 0 Å². The molecule has 15 aromatic rings. The number of carbonyl (C=O) groups excluding carboxylic acids is 5. The number of thioether (sulfide) groups is 1. The maximum atomic E-state index is 12.8. The molecule has 5 amide bonds. The number of hydrogen-bond donors (Lipinski definition) is 10. The largest absolute Gasteiger partial charge is 0.496 e. The number of carbonyl (C=O) groups is 5. The molecule has 39 heteroatoms. The van der Waals surface area contributed by atoms with Crippen LogP contribution in [0.3, 0.4) is 0 Å². The van der Waals surface area contributed by atoms with E-state index in [0.29, 0.717) is 151 Å². The molecule has 10 N–H and O–H groups in total. The molecule has 37 nitrogen and oxygen atoms in total. The van der Waals surface area contributed by atoms with Crippen molar-refractivity contribution in [2.75, 3.05) is 39.9 Å². The molecule has 0 aliphatic carbocycles. The Morgan fingerprint density at radius 1 is 0.364 bits per heavy atom. The number of benzene rings is 4. The van der Waals surface area contributed by atoms with Crippen LogP contribution in [0.5, 0.6) is 5.75 Å². The third-order valence-corrected chi connectivity index (χ3v) is 19.4. The van der Waals surface area contributed by atoms with Crippen LogP contribution in [-0.2, 0) is 32.1 Å². The summed E-state index contributed by atoms with van der Waals surface area (Å²) in [4.78, 5) is 159. The van der Waals surface area contributed by atoms with E-state index in [1.54, 1.807) is 142 Å². The summed E-state index contributed by atoms with van der Waals surface area (Å²) in [6, 6.07) is 48.9. The van der Waals surface area contributed by atoms with Gasteiger partial charge in [0.1, 0.15) is 34.8 Å². The lowest BCUT2D eigenvalue weighted by Gasteiger charge is -2.11. The Hall–Kier alpha value is -15.6. The van der Waals surface area contributed by atoms with Gasteiger partial charge in [-0.05, 0) is 146 Å². The van der Waals surface area contributed by atoms with Gasteiger partial charge in [0.25, 0.3) is 57.3 Å². The van der Waals surface area contributed by atoms with Gasteiger partial charge in [0, 0.05) is 110 Å². The van der Waals surface area contributed by atoms with Gasteiger partial charge in [-0.25, -0.2) is 24.9 Å². The van der Waals surface area contributed by atoms with Gasteiger partial charge in [-0.1, -0.05) is 121 Å². The SMILES string of the molecule is CCCc1cc(=O)[nH]c(-n2nc(C)cc2NC(=O)c2ccc(Cl)cc2)n1.CCCc1cc(=O)[nH]c(-n2nc(C)cc2NC(=O)c2ccccc2)n1.CCCc1cc(=O)[nH]c(-n2nc(C)cc2NC(=O)c2ccccc2OC)n1.CCCc1cc(=O)[nH]c(-n2nc(C)cc2NC(=O)c2ccccc2SC)n1.CCCc1cc(=O)[nH]c(-n2nc(C)cc2NC(=O)c2ccco2)n1. The van der Waals surface area contributed by atoms with Crippen LogP contribution in [0.1, 0.15) is 176 Å². The van der Waals surface area contributed by atoms with Gasteiger partial charge in [0.05, 0.1) is 53.0 Å². The minimum Gasteiger partial charge on any atom is -0.496 e. The molecule has 0 bridgehead atoms. The van der Waals surface area contributed by atoms with Gasteiger partial charge in [-0.2, -0.15) is 48.9 Å². The van der Waals surface area contributed by atoms with E-state index in [0.717, 1.165) is 37.0 Å². The molecule has 0 aliphatic heterocycles. The minimum atomic E-state index is -0.409. The smallest absolute Gasteiger partial charge is 0.292 e. The van der Waals surface area contributed by atoms with E-state index in [4.69, 9.17) is 20.8 Å². The van der Waals surface area contributed by atoms with Crippen LogP contribution in [0.25, 0.3) is 29.7 Å². The van der Waals surface area contributed by atoms with Crippen LogP contribution in [0, 0.1) is 34.6 Å². The predicted molar refractivity (Wildman–Crippen MR) is 491 cm³/mol. The van der Waals surface area contributed by atoms with Crippen molar-refractivity contribution >= 4 is 82.0 Å². The highest BCUT2D eigenvalue weighted by Crippen LogP contribution is 2.26. The summed E-state index contributed by atoms with van der Waals surface area (Å²) in [6.07, 6.45) is 11.2. The lowest BCUT2D eigenvalue weighted by atomic mass is 10.2. The molecule has 0 radical (unpaired) electrons. The van der Waals surface area contributed by atoms with Crippen molar-refractivity contribution in [3.8, 4) is 35.5 Å². The number of nitrogens with zero attached hydrogens (tertiary/aromatic N) is 15. The van der Waals surface area contributed by atoms with Crippen molar-refractivity contribution in [1.82, 2.24) is 98.7 Å². The summed E-state index contributed by atoms with van der Waals surface area (Å²) >= 11 is 7.36. The Labute approximate surface area is 747 Å². The molecule has 0 atom stereocenters. The molecule has 11 heterocycles. The molecule has 0 saturated heterocycles. The summed E-state index contributed by atoms with van der Waals surface area (Å²) in [5.74, 6) is 2.55. The highest BCUT2D eigenvalue weighted by atomic mass is 35.5. The van der Waals surface area contributed by atoms with Crippen LogP contribution in [0.2, 0.25) is 5.02 Å². The molecule has 11 aromatic heterocycles. The van der Waals surface area contributed by atoms with E-state index >= 15 is 0 Å². The zero-order valence-corrected chi connectivity index (χ0v) is 74.4. The average molecular weight is 1790 g/mol. The Bertz CT molecular complexity index is 6590. The number of furan rings is 1. The molecule has 15 rings (SSSR count). The number of H-pyrrole nitrogens is 5. The zero-order valence-electron chi connectivity index (χ0n) is 72.8. The Balaban J connectivity index is 0.000000156. The first-order chi connectivity index (χ1) is 62.1. The first-order valence-corrected chi connectivity index (χ1v) is 42.8. The maximum Gasteiger partial charge on any atom is 0.292 e. The van der Waals surface area contributed by atoms with Gasteiger partial charge in [-0.3, -0.25) is 72.9 Å². The number of aromatic amines is 5. The molecule has 666 valence electrons. The van der Waals surface area contributed by atoms with Crippen LogP contribution < -0.4 is 59.1 Å². The predicted octanol–water partition coefficient (Wildman–Crippen LogP) is 13.3. The lowest BCUT2D eigenvalue weighted by molar-refractivity contribution is 0.0991. The van der Waals surface area contributed by atoms with Crippen molar-refractivity contribution in [3.05, 3.63) is 324 Å². The number of anilines is 5. The van der Waals surface area contributed by atoms with Gasteiger partial charge < -0.3 is 35.7 Å². The summed E-state index contributed by atoms with van der Waals surface area (Å²) in [5, 5.41) is 36.3. The van der Waals surface area contributed by atoms with Crippen LogP contribution in [0.4, 0.5) is 29.1 Å². The molecule has 0 aliphatic rings. The molecular formula is C90H96ClN25O12S. The number of aromatic nitrogens is 20. The number of aryl methyl sites for hydroxylation is 10. The number of methoxy groups -OCH3 is 1. The number of rotatable bonds is 27. The molecule has 4 aromatic carbocycles. The molecule has 0 unspecified atom stereocenters. The van der Waals surface area contributed by atoms with E-state index < -0.39 is 5.91 Å². The highest BCUT2D eigenvalue weighted by molar-refractivity contribution is 7.98. The first kappa shape index (κ1) is 94.1. The number of amides is 5. The summed E-state index contributed by atoms with van der Waals surface area (Å²) < 4.78 is 17.4. The molecule has 0 saturated carbocycles. The first-order valence-electron chi connectivity index (χ1n) is 41.2. The second-order valence-electron chi connectivity index (χ2n) is 29.0. The normalized spacial score (nSPS) is 10.7. The Morgan fingerprint density at radius 3 is 0.977 bits per heavy atom. The molecule has 0 fully saturated rings. The van der Waals surface area contributed by atoms with Crippen molar-refractivity contribution in [1.29, 1.82) is 0 Å². The minimum absolute atomic E-state index is 0.182. The van der Waals surface area contributed by atoms with Crippen LogP contribution in [-0.4, -0.2) is 142 Å². The summed E-state index contributed by atoms with van der Waals surface area (Å²) in [5.41, 5.74) is 7.51. The number of halogens is 1. The second-order valence-corrected chi connectivity index (χ2v) is 30.3. The number of hydrogen-bond acceptors (Lipinski definition) is 23. The Kier molecular flexibility index (Phi) is 32.7. The molecular weight excluding hydrogens is 1690 g/mol. The fourth-order valence-electron chi connectivity index (χ4n) is 12.8. The standard InChI is InChI=1S/C19H21N5O3.C19H21N5O2S.C18H18ClN5O2.C18H19N5O2.C16H17N5O3/c2*1-4-7-13-11-17(25)22-19(20-13)24-16(10-12(2)23-24)21-18(26)14-8-5-6-9-15(14)27-3;1-3-4-14-10-16(25)22-18(20-14)24-15(9-11(2)23-24)21-17(26)12-5-7-13(19)8-6-12;1-3-7-14-11-16(24)21-18(19-14)23-15(10-12(2)22-23)20-17(25)13-8-5-4-6-9-13;1-3-5-11-9-14(22)19-16(17-11)21-13(8-10(2)20-21)18-15(23)12-6-4-7-24-12/h2*5-6,8-11H,4,7H2,1-3H3,(H,21,26)(H,20,22,25);5-10H,3-4H2,1-2H3,(H,21,26)(H,20,22,25);4-6,8-11H,3,7H2,1-2H3,(H,20,25)(H,19,21,24);4,6-9H,3,5H2,1-2H3,(H,18,23)(H,17,19,22). The summed E-state index contributed by atoms with van der Waals surface area (Å²) in [6.45, 7) is 19.1. The zero-order chi connectivity index (χ0) is 92.4. The van der Waals surface area contributed by atoms with Gasteiger partial charge >= 0.3 is 0 Å². The monoisotopic (exact) mass is 1790 g/mol. The van der Waals surface area contributed by atoms with Crippen molar-refractivity contribution in [2.45, 2.75) is 138 Å².